The van der Waals surface area contributed by atoms with Gasteiger partial charge >= 0.3 is 0 Å². The molecule has 4 heterocycles. The van der Waals surface area contributed by atoms with E-state index in [0.29, 0.717) is 5.78 Å². The second-order valence-corrected chi connectivity index (χ2v) is 19.1. The number of thiophene rings is 4. The van der Waals surface area contributed by atoms with E-state index < -0.39 is 0 Å². The lowest BCUT2D eigenvalue weighted by molar-refractivity contribution is 0.0855. The van der Waals surface area contributed by atoms with Crippen LogP contribution in [0.3, 0.4) is 0 Å². The molecule has 1 nitrogen and oxygen atoms in total. The van der Waals surface area contributed by atoms with Gasteiger partial charge in [-0.2, -0.15) is 0 Å². The first-order valence-corrected chi connectivity index (χ1v) is 22.5. The van der Waals surface area contributed by atoms with Gasteiger partial charge in [0.15, 0.2) is 5.78 Å². The van der Waals surface area contributed by atoms with Gasteiger partial charge in [0.05, 0.1) is 10.3 Å². The van der Waals surface area contributed by atoms with Gasteiger partial charge in [-0.1, -0.05) is 142 Å². The summed E-state index contributed by atoms with van der Waals surface area (Å²) in [6.07, 6.45) is 28.7. The van der Waals surface area contributed by atoms with E-state index in [4.69, 9.17) is 0 Å². The van der Waals surface area contributed by atoms with E-state index in [2.05, 4.69) is 52.0 Å². The van der Waals surface area contributed by atoms with Gasteiger partial charge in [-0.15, -0.1) is 45.3 Å². The highest BCUT2D eigenvalue weighted by Gasteiger charge is 2.47. The van der Waals surface area contributed by atoms with Crippen LogP contribution >= 0.6 is 45.3 Å². The molecule has 0 saturated carbocycles. The average Bonchev–Trinajstić information content (AvgIpc) is 3.83. The Morgan fingerprint density at radius 2 is 0.957 bits per heavy atom. The van der Waals surface area contributed by atoms with E-state index in [1.807, 2.05) is 45.3 Å². The van der Waals surface area contributed by atoms with Gasteiger partial charge in [0.1, 0.15) is 0 Å². The minimum absolute atomic E-state index is 0.365. The van der Waals surface area contributed by atoms with Gasteiger partial charge in [0, 0.05) is 39.3 Å². The van der Waals surface area contributed by atoms with E-state index in [9.17, 15) is 4.79 Å². The van der Waals surface area contributed by atoms with Crippen molar-refractivity contribution in [3.8, 4) is 19.5 Å². The van der Waals surface area contributed by atoms with Gasteiger partial charge in [0.25, 0.3) is 0 Å². The largest absolute Gasteiger partial charge is 0.293 e. The summed E-state index contributed by atoms with van der Waals surface area (Å²) in [7, 11) is 0. The molecule has 0 aliphatic heterocycles. The van der Waals surface area contributed by atoms with E-state index >= 15 is 0 Å². The van der Waals surface area contributed by atoms with Crippen LogP contribution in [0.5, 0.6) is 0 Å². The summed E-state index contributed by atoms with van der Waals surface area (Å²) in [5.74, 6) is 0.434. The number of carbonyl (C=O) groups is 1. The molecule has 0 amide bonds. The maximum Gasteiger partial charge on any atom is 0.174 e. The maximum atomic E-state index is 14.8. The van der Waals surface area contributed by atoms with Crippen molar-refractivity contribution in [1.82, 2.24) is 0 Å². The first-order chi connectivity index (χ1) is 23.0. The van der Waals surface area contributed by atoms with Crippen molar-refractivity contribution in [2.75, 3.05) is 0 Å². The summed E-state index contributed by atoms with van der Waals surface area (Å²) >= 11 is 7.64. The number of fused-ring (bicyclic) bond motifs is 4. The van der Waals surface area contributed by atoms with Gasteiger partial charge in [-0.05, 0) is 56.5 Å². The Hall–Kier alpha value is -1.27. The smallest absolute Gasteiger partial charge is 0.174 e. The van der Waals surface area contributed by atoms with Crippen LogP contribution in [0.25, 0.3) is 28.9 Å². The molecule has 1 aliphatic carbocycles. The molecule has 1 aliphatic rings. The third kappa shape index (κ3) is 9.50. The van der Waals surface area contributed by atoms with Crippen LogP contribution in [0.1, 0.15) is 181 Å². The van der Waals surface area contributed by atoms with Crippen LogP contribution in [0.15, 0.2) is 24.3 Å². The molecular weight excluding hydrogens is 649 g/mol. The third-order valence-corrected chi connectivity index (χ3v) is 15.2. The van der Waals surface area contributed by atoms with E-state index in [1.165, 1.54) is 160 Å². The number of hydrogen-bond acceptors (Lipinski definition) is 5. The molecule has 0 bridgehead atoms. The van der Waals surface area contributed by atoms with Crippen molar-refractivity contribution < 1.29 is 4.79 Å². The predicted octanol–water partition coefficient (Wildman–Crippen LogP) is 16.1. The Morgan fingerprint density at radius 1 is 0.489 bits per heavy atom. The van der Waals surface area contributed by atoms with Gasteiger partial charge in [-0.3, -0.25) is 4.79 Å². The molecule has 5 rings (SSSR count). The molecule has 0 fully saturated rings. The second-order valence-electron chi connectivity index (χ2n) is 14.4. The molecule has 0 spiro atoms. The van der Waals surface area contributed by atoms with Crippen LogP contribution in [0, 0.1) is 13.8 Å². The monoisotopic (exact) mass is 708 g/mol. The third-order valence-electron chi connectivity index (χ3n) is 10.5. The molecule has 5 heteroatoms. The Morgan fingerprint density at radius 3 is 1.49 bits per heavy atom. The molecule has 4 aromatic rings. The molecule has 4 aromatic heterocycles. The highest BCUT2D eigenvalue weighted by Crippen LogP contribution is 2.56. The van der Waals surface area contributed by atoms with E-state index in [0.717, 1.165) is 31.2 Å². The molecule has 258 valence electrons. The molecule has 0 unspecified atom stereocenters. The summed E-state index contributed by atoms with van der Waals surface area (Å²) < 4.78 is 2.80. The number of rotatable bonds is 23. The SMILES string of the molecule is CCCCCCCCCCCCC1(CCCCCCCCCCCC)C(=O)c2cc(C)sc2-c2sc(-c3cc4sc(C)cc4s3)cc21. The Kier molecular flexibility index (Phi) is 14.7. The molecular formula is C42H60OS4. The maximum absolute atomic E-state index is 14.8. The lowest BCUT2D eigenvalue weighted by Gasteiger charge is -2.36. The lowest BCUT2D eigenvalue weighted by atomic mass is 9.65. The fourth-order valence-corrected chi connectivity index (χ4v) is 12.6. The first-order valence-electron chi connectivity index (χ1n) is 19.3. The number of Topliss-reactive ketones (excluding diaryl/α,β-unsaturated/α-hetero) is 1. The Labute approximate surface area is 302 Å². The number of carbonyl (C=O) groups excluding carboxylic acids is 1. The lowest BCUT2D eigenvalue weighted by Crippen LogP contribution is -2.38. The summed E-state index contributed by atoms with van der Waals surface area (Å²) in [6.45, 7) is 8.99. The highest BCUT2D eigenvalue weighted by atomic mass is 32.1. The predicted molar refractivity (Wildman–Crippen MR) is 215 cm³/mol. The molecule has 0 aromatic carbocycles. The number of aryl methyl sites for hydroxylation is 2. The summed E-state index contributed by atoms with van der Waals surface area (Å²) in [5, 5.41) is 0. The standard InChI is InChI=1S/C42H60OS4/c1-5-7-9-11-13-15-17-19-21-23-25-42(26-24-22-20-18-16-14-12-10-8-6-2)34-29-36(38-30-37-35(46-38)28-32(4)44-37)47-40(34)39-33(41(42)43)27-31(3)45-39/h27-30H,5-26H2,1-4H3. The van der Waals surface area contributed by atoms with Crippen molar-refractivity contribution in [2.45, 2.75) is 174 Å². The van der Waals surface area contributed by atoms with Gasteiger partial charge in [-0.25, -0.2) is 0 Å². The topological polar surface area (TPSA) is 17.1 Å². The minimum atomic E-state index is -0.365. The molecule has 0 atom stereocenters. The van der Waals surface area contributed by atoms with Crippen molar-refractivity contribution in [3.63, 3.8) is 0 Å². The van der Waals surface area contributed by atoms with Gasteiger partial charge in [0.2, 0.25) is 0 Å². The fraction of sp³-hybridized carbons (Fsp3) is 0.643. The van der Waals surface area contributed by atoms with Crippen molar-refractivity contribution >= 4 is 60.5 Å². The van der Waals surface area contributed by atoms with Crippen LogP contribution in [0.2, 0.25) is 0 Å². The van der Waals surface area contributed by atoms with Crippen LogP contribution < -0.4 is 0 Å². The van der Waals surface area contributed by atoms with E-state index in [1.54, 1.807) is 0 Å². The zero-order valence-corrected chi connectivity index (χ0v) is 33.2. The molecule has 47 heavy (non-hydrogen) atoms. The Balaban J connectivity index is 1.31. The highest BCUT2D eigenvalue weighted by molar-refractivity contribution is 7.32. The number of hydrogen-bond donors (Lipinski definition) is 0. The first kappa shape index (κ1) is 37.0. The molecule has 0 saturated heterocycles. The Bertz CT molecular complexity index is 1470. The van der Waals surface area contributed by atoms with Crippen molar-refractivity contribution in [2.24, 2.45) is 0 Å². The quantitative estimate of drug-likeness (QED) is 0.0701. The fourth-order valence-electron chi connectivity index (χ4n) is 7.80. The zero-order valence-electron chi connectivity index (χ0n) is 29.9. The summed E-state index contributed by atoms with van der Waals surface area (Å²) in [4.78, 5) is 22.8. The van der Waals surface area contributed by atoms with E-state index in [-0.39, 0.29) is 5.41 Å². The second kappa shape index (κ2) is 18.6. The molecule has 0 radical (unpaired) electrons. The minimum Gasteiger partial charge on any atom is -0.293 e. The zero-order chi connectivity index (χ0) is 33.1. The van der Waals surface area contributed by atoms with Crippen molar-refractivity contribution in [3.05, 3.63) is 45.1 Å². The normalized spacial score (nSPS) is 13.9. The van der Waals surface area contributed by atoms with Crippen LogP contribution in [0.4, 0.5) is 0 Å². The number of ketones is 1. The average molecular weight is 709 g/mol. The summed E-state index contributed by atoms with van der Waals surface area (Å²) in [5.41, 5.74) is 2.03. The number of unbranched alkanes of at least 4 members (excludes halogenated alkanes) is 18. The van der Waals surface area contributed by atoms with Gasteiger partial charge < -0.3 is 0 Å². The summed E-state index contributed by atoms with van der Waals surface area (Å²) in [6, 6.07) is 9.45. The van der Waals surface area contributed by atoms with Crippen molar-refractivity contribution in [1.29, 1.82) is 0 Å². The van der Waals surface area contributed by atoms with Crippen LogP contribution in [-0.4, -0.2) is 5.78 Å². The molecule has 0 N–H and O–H groups in total. The van der Waals surface area contributed by atoms with Crippen LogP contribution in [-0.2, 0) is 5.41 Å².